The van der Waals surface area contributed by atoms with Crippen LogP contribution >= 0.6 is 45.8 Å². The molecule has 0 aliphatic heterocycles. The molecule has 0 amide bonds. The molecule has 0 spiro atoms. The van der Waals surface area contributed by atoms with Crippen LogP contribution in [0.1, 0.15) is 16.7 Å². The van der Waals surface area contributed by atoms with Gasteiger partial charge in [0.2, 0.25) is 0 Å². The molecule has 0 radical (unpaired) electrons. The molecule has 3 aromatic carbocycles. The first kappa shape index (κ1) is 20.0. The molecule has 0 unspecified atom stereocenters. The Morgan fingerprint density at radius 1 is 0.926 bits per heavy atom. The molecule has 3 rings (SSSR count). The third-order valence-corrected chi connectivity index (χ3v) is 5.27. The van der Waals surface area contributed by atoms with Gasteiger partial charge in [0.25, 0.3) is 0 Å². The number of hydrogen-bond acceptors (Lipinski definition) is 3. The van der Waals surface area contributed by atoms with Gasteiger partial charge in [0.05, 0.1) is 12.8 Å². The number of ether oxygens (including phenoxy) is 1. The van der Waals surface area contributed by atoms with Crippen molar-refractivity contribution in [1.29, 1.82) is 0 Å². The molecular weight excluding hydrogens is 494 g/mol. The van der Waals surface area contributed by atoms with Crippen molar-refractivity contribution in [2.45, 2.75) is 13.2 Å². The van der Waals surface area contributed by atoms with Gasteiger partial charge in [0.15, 0.2) is 0 Å². The molecule has 0 aromatic heterocycles. The third kappa shape index (κ3) is 5.86. The first-order valence-corrected chi connectivity index (χ1v) is 10.1. The normalized spacial score (nSPS) is 10.9. The van der Waals surface area contributed by atoms with Gasteiger partial charge in [-0.25, -0.2) is 0 Å². The lowest BCUT2D eigenvalue weighted by Crippen LogP contribution is -2.07. The van der Waals surface area contributed by atoms with Crippen molar-refractivity contribution in [2.75, 3.05) is 0 Å². The fraction of sp³-hybridized carbons (Fsp3) is 0.0952. The van der Waals surface area contributed by atoms with Crippen molar-refractivity contribution < 1.29 is 4.74 Å². The predicted molar refractivity (Wildman–Crippen MR) is 121 cm³/mol. The molecule has 138 valence electrons. The maximum absolute atomic E-state index is 6.16. The SMILES string of the molecule is Clc1cccc(Cl)c1CN/N=C/c1ccccc1OCc1ccc(I)cc1. The molecule has 0 heterocycles. The van der Waals surface area contributed by atoms with E-state index < -0.39 is 0 Å². The topological polar surface area (TPSA) is 33.6 Å². The van der Waals surface area contributed by atoms with E-state index in [0.29, 0.717) is 23.2 Å². The van der Waals surface area contributed by atoms with E-state index in [4.69, 9.17) is 27.9 Å². The summed E-state index contributed by atoms with van der Waals surface area (Å²) in [5.41, 5.74) is 5.81. The second kappa shape index (κ2) is 9.97. The molecular formula is C21H17Cl2IN2O. The highest BCUT2D eigenvalue weighted by molar-refractivity contribution is 14.1. The number of para-hydroxylation sites is 1. The van der Waals surface area contributed by atoms with Crippen molar-refractivity contribution in [1.82, 2.24) is 5.43 Å². The zero-order chi connectivity index (χ0) is 19.1. The maximum atomic E-state index is 6.16. The van der Waals surface area contributed by atoms with Crippen molar-refractivity contribution in [2.24, 2.45) is 5.10 Å². The number of nitrogens with one attached hydrogen (secondary N) is 1. The summed E-state index contributed by atoms with van der Waals surface area (Å²) in [6.45, 7) is 0.950. The van der Waals surface area contributed by atoms with Crippen LogP contribution < -0.4 is 10.2 Å². The lowest BCUT2D eigenvalue weighted by molar-refractivity contribution is 0.306. The van der Waals surface area contributed by atoms with Crippen molar-refractivity contribution in [3.63, 3.8) is 0 Å². The second-order valence-corrected chi connectivity index (χ2v) is 7.81. The van der Waals surface area contributed by atoms with Gasteiger partial charge >= 0.3 is 0 Å². The Morgan fingerprint density at radius 3 is 2.37 bits per heavy atom. The number of benzene rings is 3. The Bertz CT molecular complexity index is 909. The number of halogens is 3. The Kier molecular flexibility index (Phi) is 7.38. The lowest BCUT2D eigenvalue weighted by Gasteiger charge is -2.09. The summed E-state index contributed by atoms with van der Waals surface area (Å²) in [4.78, 5) is 0. The van der Waals surface area contributed by atoms with Crippen LogP contribution in [-0.4, -0.2) is 6.21 Å². The highest BCUT2D eigenvalue weighted by atomic mass is 127. The highest BCUT2D eigenvalue weighted by Gasteiger charge is 2.04. The maximum Gasteiger partial charge on any atom is 0.128 e. The van der Waals surface area contributed by atoms with Gasteiger partial charge < -0.3 is 10.2 Å². The third-order valence-electron chi connectivity index (χ3n) is 3.84. The summed E-state index contributed by atoms with van der Waals surface area (Å²) in [5, 5.41) is 5.51. The zero-order valence-corrected chi connectivity index (χ0v) is 18.0. The van der Waals surface area contributed by atoms with Crippen LogP contribution in [0.4, 0.5) is 0 Å². The molecule has 0 aliphatic rings. The van der Waals surface area contributed by atoms with Gasteiger partial charge in [-0.2, -0.15) is 5.10 Å². The van der Waals surface area contributed by atoms with Gasteiger partial charge in [-0.15, -0.1) is 0 Å². The van der Waals surface area contributed by atoms with Crippen LogP contribution in [0.15, 0.2) is 71.8 Å². The summed E-state index contributed by atoms with van der Waals surface area (Å²) in [6.07, 6.45) is 1.73. The standard InChI is InChI=1S/C21H17Cl2IN2O/c22-19-5-3-6-20(23)18(19)13-26-25-12-16-4-1-2-7-21(16)27-14-15-8-10-17(24)11-9-15/h1-12,26H,13-14H2/b25-12+. The summed E-state index contributed by atoms with van der Waals surface area (Å²) >= 11 is 14.6. The highest BCUT2D eigenvalue weighted by Crippen LogP contribution is 2.24. The number of nitrogens with zero attached hydrogens (tertiary/aromatic N) is 1. The first-order chi connectivity index (χ1) is 13.1. The Labute approximate surface area is 182 Å². The van der Waals surface area contributed by atoms with Crippen LogP contribution in [-0.2, 0) is 13.2 Å². The Morgan fingerprint density at radius 2 is 1.63 bits per heavy atom. The summed E-state index contributed by atoms with van der Waals surface area (Å²) in [5.74, 6) is 0.775. The van der Waals surface area contributed by atoms with Gasteiger partial charge in [0.1, 0.15) is 12.4 Å². The molecule has 3 nitrogen and oxygen atoms in total. The monoisotopic (exact) mass is 510 g/mol. The van der Waals surface area contributed by atoms with E-state index >= 15 is 0 Å². The van der Waals surface area contributed by atoms with Crippen molar-refractivity contribution in [3.05, 3.63) is 97.0 Å². The zero-order valence-electron chi connectivity index (χ0n) is 14.3. The molecule has 27 heavy (non-hydrogen) atoms. The Balaban J connectivity index is 1.61. The fourth-order valence-corrected chi connectivity index (χ4v) is 3.29. The molecule has 0 fully saturated rings. The van der Waals surface area contributed by atoms with Gasteiger partial charge in [0, 0.05) is 24.7 Å². The number of hydrazone groups is 1. The fourth-order valence-electron chi connectivity index (χ4n) is 2.40. The molecule has 3 aromatic rings. The predicted octanol–water partition coefficient (Wildman–Crippen LogP) is 6.30. The molecule has 0 aliphatic carbocycles. The average molecular weight is 511 g/mol. The van der Waals surface area contributed by atoms with E-state index in [2.05, 4.69) is 57.4 Å². The molecule has 1 N–H and O–H groups in total. The van der Waals surface area contributed by atoms with Crippen LogP contribution in [0.3, 0.4) is 0 Å². The minimum Gasteiger partial charge on any atom is -0.488 e. The van der Waals surface area contributed by atoms with E-state index in [9.17, 15) is 0 Å². The molecule has 0 bridgehead atoms. The van der Waals surface area contributed by atoms with Crippen LogP contribution in [0.2, 0.25) is 10.0 Å². The molecule has 0 saturated heterocycles. The van der Waals surface area contributed by atoms with Crippen LogP contribution in [0.5, 0.6) is 5.75 Å². The van der Waals surface area contributed by atoms with E-state index in [1.165, 1.54) is 3.57 Å². The van der Waals surface area contributed by atoms with E-state index in [1.54, 1.807) is 6.21 Å². The first-order valence-electron chi connectivity index (χ1n) is 8.28. The van der Waals surface area contributed by atoms with Crippen LogP contribution in [0.25, 0.3) is 0 Å². The van der Waals surface area contributed by atoms with Gasteiger partial charge in [-0.1, -0.05) is 53.5 Å². The van der Waals surface area contributed by atoms with Crippen molar-refractivity contribution >= 4 is 52.0 Å². The van der Waals surface area contributed by atoms with E-state index in [-0.39, 0.29) is 0 Å². The molecule has 0 saturated carbocycles. The lowest BCUT2D eigenvalue weighted by atomic mass is 10.2. The van der Waals surface area contributed by atoms with Crippen molar-refractivity contribution in [3.8, 4) is 5.75 Å². The Hall–Kier alpha value is -1.76. The summed E-state index contributed by atoms with van der Waals surface area (Å²) < 4.78 is 7.16. The molecule has 6 heteroatoms. The van der Waals surface area contributed by atoms with Gasteiger partial charge in [-0.05, 0) is 64.6 Å². The minimum atomic E-state index is 0.445. The number of hydrogen-bond donors (Lipinski definition) is 1. The minimum absolute atomic E-state index is 0.445. The second-order valence-electron chi connectivity index (χ2n) is 5.75. The summed E-state index contributed by atoms with van der Waals surface area (Å²) in [6, 6.07) is 21.5. The summed E-state index contributed by atoms with van der Waals surface area (Å²) in [7, 11) is 0. The van der Waals surface area contributed by atoms with Gasteiger partial charge in [-0.3, -0.25) is 0 Å². The number of rotatable bonds is 7. The van der Waals surface area contributed by atoms with E-state index in [0.717, 1.165) is 22.4 Å². The van der Waals surface area contributed by atoms with E-state index in [1.807, 2.05) is 42.5 Å². The average Bonchev–Trinajstić information content (AvgIpc) is 2.67. The van der Waals surface area contributed by atoms with Crippen LogP contribution in [0, 0.1) is 3.57 Å². The quantitative estimate of drug-likeness (QED) is 0.230. The smallest absolute Gasteiger partial charge is 0.128 e. The largest absolute Gasteiger partial charge is 0.488 e. The molecule has 0 atom stereocenters.